The number of aliphatic imine (C=N–C) groups is 1. The number of carbonyl (C=O) groups excluding carboxylic acids is 3. The van der Waals surface area contributed by atoms with E-state index >= 15 is 0 Å². The van der Waals surface area contributed by atoms with Crippen molar-refractivity contribution in [2.75, 3.05) is 25.6 Å². The highest BCUT2D eigenvalue weighted by Gasteiger charge is 2.34. The van der Waals surface area contributed by atoms with E-state index in [-0.39, 0.29) is 36.7 Å². The normalized spacial score (nSPS) is 16.8. The fraction of sp³-hybridized carbons (Fsp3) is 0.348. The number of aldehydes is 1. The first-order chi connectivity index (χ1) is 15.9. The zero-order valence-corrected chi connectivity index (χ0v) is 18.5. The number of anilines is 1. The van der Waals surface area contributed by atoms with Gasteiger partial charge in [0, 0.05) is 38.5 Å². The fourth-order valence-electron chi connectivity index (χ4n) is 3.88. The van der Waals surface area contributed by atoms with Crippen LogP contribution in [-0.4, -0.2) is 65.1 Å². The van der Waals surface area contributed by atoms with Gasteiger partial charge in [0.05, 0.1) is 31.0 Å². The van der Waals surface area contributed by atoms with Crippen molar-refractivity contribution in [2.45, 2.75) is 25.3 Å². The molecule has 1 saturated heterocycles. The van der Waals surface area contributed by atoms with Gasteiger partial charge in [-0.05, 0) is 18.9 Å². The number of methoxy groups -OCH3 is 1. The molecule has 0 radical (unpaired) electrons. The fourth-order valence-corrected chi connectivity index (χ4v) is 3.88. The molecule has 2 amide bonds. The lowest BCUT2D eigenvalue weighted by atomic mass is 10.1. The van der Waals surface area contributed by atoms with Crippen molar-refractivity contribution in [2.24, 2.45) is 12.0 Å². The van der Waals surface area contributed by atoms with Gasteiger partial charge in [0.15, 0.2) is 29.4 Å². The summed E-state index contributed by atoms with van der Waals surface area (Å²) in [7, 11) is 3.18. The summed E-state index contributed by atoms with van der Waals surface area (Å²) in [6, 6.07) is 3.24. The zero-order chi connectivity index (χ0) is 23.5. The van der Waals surface area contributed by atoms with Crippen molar-refractivity contribution in [3.8, 4) is 11.5 Å². The molecule has 2 aliphatic heterocycles. The van der Waals surface area contributed by atoms with Gasteiger partial charge in [-0.25, -0.2) is 4.98 Å². The van der Waals surface area contributed by atoms with Crippen LogP contribution in [0.25, 0.3) is 0 Å². The number of rotatable bonds is 8. The lowest BCUT2D eigenvalue weighted by molar-refractivity contribution is -0.116. The molecule has 0 unspecified atom stereocenters. The number of benzene rings is 1. The Kier molecular flexibility index (Phi) is 6.25. The number of ether oxygens (including phenoxy) is 2. The van der Waals surface area contributed by atoms with Gasteiger partial charge in [0.2, 0.25) is 5.91 Å². The summed E-state index contributed by atoms with van der Waals surface area (Å²) in [6.07, 6.45) is 5.32. The molecule has 2 aromatic rings. The zero-order valence-electron chi connectivity index (χ0n) is 18.5. The summed E-state index contributed by atoms with van der Waals surface area (Å²) in [5.74, 6) is 1.09. The third-order valence-electron chi connectivity index (χ3n) is 5.54. The van der Waals surface area contributed by atoms with Crippen LogP contribution in [0.2, 0.25) is 0 Å². The van der Waals surface area contributed by atoms with Crippen molar-refractivity contribution in [1.29, 1.82) is 0 Å². The molecular weight excluding hydrogens is 426 g/mol. The maximum absolute atomic E-state index is 13.0. The molecule has 2 aliphatic rings. The smallest absolute Gasteiger partial charge is 0.257 e. The van der Waals surface area contributed by atoms with E-state index in [1.54, 1.807) is 36.5 Å². The molecule has 33 heavy (non-hydrogen) atoms. The number of fused-ring (bicyclic) bond motifs is 2. The van der Waals surface area contributed by atoms with Crippen molar-refractivity contribution in [3.05, 3.63) is 41.9 Å². The number of imidazole rings is 1. The predicted molar refractivity (Wildman–Crippen MR) is 122 cm³/mol. The van der Waals surface area contributed by atoms with Crippen molar-refractivity contribution >= 4 is 35.8 Å². The van der Waals surface area contributed by atoms with Crippen molar-refractivity contribution in [3.63, 3.8) is 0 Å². The molecule has 10 nitrogen and oxygen atoms in total. The summed E-state index contributed by atoms with van der Waals surface area (Å²) < 4.78 is 12.8. The Morgan fingerprint density at radius 1 is 1.36 bits per heavy atom. The van der Waals surface area contributed by atoms with Crippen LogP contribution in [0.5, 0.6) is 11.5 Å². The van der Waals surface area contributed by atoms with Gasteiger partial charge < -0.3 is 24.3 Å². The van der Waals surface area contributed by atoms with E-state index in [9.17, 15) is 14.4 Å². The van der Waals surface area contributed by atoms with E-state index in [4.69, 9.17) is 9.47 Å². The monoisotopic (exact) mass is 451 g/mol. The molecule has 0 bridgehead atoms. The quantitative estimate of drug-likeness (QED) is 0.375. The SMILES string of the molecule is C=C1C[C@H]2C=Nc3cc(OCCCC(=O)Nc4cn(C)c(C=O)n4)c(OC)cc3C(=O)N2C1. The number of hydrogen-bond donors (Lipinski definition) is 1. The molecule has 4 rings (SSSR count). The number of hydrogen-bond acceptors (Lipinski definition) is 7. The first-order valence-electron chi connectivity index (χ1n) is 10.5. The van der Waals surface area contributed by atoms with Crippen LogP contribution in [0.4, 0.5) is 11.5 Å². The van der Waals surface area contributed by atoms with Crippen LogP contribution in [0.15, 0.2) is 35.5 Å². The van der Waals surface area contributed by atoms with E-state index in [2.05, 4.69) is 21.9 Å². The average molecular weight is 451 g/mol. The summed E-state index contributed by atoms with van der Waals surface area (Å²) in [4.78, 5) is 46.3. The summed E-state index contributed by atoms with van der Waals surface area (Å²) in [6.45, 7) is 4.77. The average Bonchev–Trinajstić information content (AvgIpc) is 3.32. The molecule has 10 heteroatoms. The van der Waals surface area contributed by atoms with Crippen LogP contribution in [0.3, 0.4) is 0 Å². The third kappa shape index (κ3) is 4.64. The van der Waals surface area contributed by atoms with Gasteiger partial charge in [-0.2, -0.15) is 0 Å². The van der Waals surface area contributed by atoms with Crippen LogP contribution in [0, 0.1) is 0 Å². The van der Waals surface area contributed by atoms with E-state index < -0.39 is 0 Å². The number of aromatic nitrogens is 2. The summed E-state index contributed by atoms with van der Waals surface area (Å²) in [5, 5.41) is 2.66. The second-order valence-electron chi connectivity index (χ2n) is 7.97. The molecule has 0 spiro atoms. The van der Waals surface area contributed by atoms with Gasteiger partial charge >= 0.3 is 0 Å². The third-order valence-corrected chi connectivity index (χ3v) is 5.54. The Morgan fingerprint density at radius 3 is 2.91 bits per heavy atom. The van der Waals surface area contributed by atoms with E-state index in [1.807, 2.05) is 0 Å². The molecular formula is C23H25N5O5. The number of nitrogens with zero attached hydrogens (tertiary/aromatic N) is 4. The minimum absolute atomic E-state index is 0.0898. The largest absolute Gasteiger partial charge is 0.493 e. The van der Waals surface area contributed by atoms with E-state index in [0.717, 1.165) is 5.57 Å². The lowest BCUT2D eigenvalue weighted by Gasteiger charge is -2.20. The van der Waals surface area contributed by atoms with Gasteiger partial charge in [0.25, 0.3) is 5.91 Å². The molecule has 1 N–H and O–H groups in total. The number of nitrogens with one attached hydrogen (secondary N) is 1. The van der Waals surface area contributed by atoms with Crippen molar-refractivity contribution in [1.82, 2.24) is 14.5 Å². The summed E-state index contributed by atoms with van der Waals surface area (Å²) >= 11 is 0. The predicted octanol–water partition coefficient (Wildman–Crippen LogP) is 2.53. The van der Waals surface area contributed by atoms with Gasteiger partial charge in [0.1, 0.15) is 0 Å². The minimum atomic E-state index is -0.236. The molecule has 172 valence electrons. The molecule has 1 aromatic carbocycles. The second kappa shape index (κ2) is 9.27. The molecule has 1 atom stereocenters. The number of carbonyl (C=O) groups is 3. The van der Waals surface area contributed by atoms with Gasteiger partial charge in [-0.15, -0.1) is 0 Å². The highest BCUT2D eigenvalue weighted by atomic mass is 16.5. The van der Waals surface area contributed by atoms with Gasteiger partial charge in [-0.1, -0.05) is 12.2 Å². The van der Waals surface area contributed by atoms with Crippen LogP contribution in [-0.2, 0) is 11.8 Å². The second-order valence-corrected chi connectivity index (χ2v) is 7.97. The molecule has 3 heterocycles. The Hall–Kier alpha value is -3.95. The van der Waals surface area contributed by atoms with Crippen LogP contribution < -0.4 is 14.8 Å². The minimum Gasteiger partial charge on any atom is -0.493 e. The standard InChI is InChI=1S/C23H25N5O5/c1-14-7-15-10-24-17-9-19(18(32-3)8-16(17)23(31)28(15)11-14)33-6-4-5-22(30)26-20-12-27(2)21(13-29)25-20/h8-10,12-13,15H,1,4-7,11H2,2-3H3,(H,26,30)/t15-/m0/s1. The molecule has 1 fully saturated rings. The lowest BCUT2D eigenvalue weighted by Crippen LogP contribution is -2.35. The molecule has 0 saturated carbocycles. The Balaban J connectivity index is 1.37. The number of amides is 2. The summed E-state index contributed by atoms with van der Waals surface area (Å²) in [5.41, 5.74) is 1.98. The Bertz CT molecular complexity index is 1150. The van der Waals surface area contributed by atoms with Gasteiger partial charge in [-0.3, -0.25) is 19.4 Å². The highest BCUT2D eigenvalue weighted by molar-refractivity contribution is 6.03. The number of aryl methyl sites for hydroxylation is 1. The maximum atomic E-state index is 13.0. The van der Waals surface area contributed by atoms with Crippen LogP contribution in [0.1, 0.15) is 40.2 Å². The van der Waals surface area contributed by atoms with E-state index in [1.165, 1.54) is 11.7 Å². The highest BCUT2D eigenvalue weighted by Crippen LogP contribution is 2.38. The molecule has 0 aliphatic carbocycles. The topological polar surface area (TPSA) is 115 Å². The van der Waals surface area contributed by atoms with Crippen molar-refractivity contribution < 1.29 is 23.9 Å². The first kappa shape index (κ1) is 22.3. The first-order valence-corrected chi connectivity index (χ1v) is 10.5. The molecule has 1 aromatic heterocycles. The Labute approximate surface area is 190 Å². The van der Waals surface area contributed by atoms with Crippen LogP contribution >= 0.6 is 0 Å². The Morgan fingerprint density at radius 2 is 2.18 bits per heavy atom. The maximum Gasteiger partial charge on any atom is 0.257 e. The van der Waals surface area contributed by atoms with E-state index in [0.29, 0.717) is 54.2 Å².